The van der Waals surface area contributed by atoms with Crippen molar-refractivity contribution < 1.29 is 0 Å². The smallest absolute Gasteiger partial charge is 0.0169 e. The van der Waals surface area contributed by atoms with E-state index in [0.29, 0.717) is 0 Å². The van der Waals surface area contributed by atoms with Gasteiger partial charge in [-0.2, -0.15) is 0 Å². The van der Waals surface area contributed by atoms with Crippen LogP contribution in [0.15, 0.2) is 11.8 Å². The Morgan fingerprint density at radius 1 is 1.40 bits per heavy atom. The Balaban J connectivity index is 3.77. The van der Waals surface area contributed by atoms with Gasteiger partial charge in [0.1, 0.15) is 0 Å². The predicted octanol–water partition coefficient (Wildman–Crippen LogP) is 2.64. The van der Waals surface area contributed by atoms with Crippen molar-refractivity contribution in [2.45, 2.75) is 33.6 Å². The zero-order valence-electron chi connectivity index (χ0n) is 7.65. The molecule has 0 heterocycles. The summed E-state index contributed by atoms with van der Waals surface area (Å²) >= 11 is 0. The van der Waals surface area contributed by atoms with E-state index < -0.39 is 0 Å². The van der Waals surface area contributed by atoms with E-state index in [1.165, 1.54) is 18.7 Å². The van der Waals surface area contributed by atoms with Crippen LogP contribution < -0.4 is 0 Å². The van der Waals surface area contributed by atoms with Crippen LogP contribution in [0.3, 0.4) is 0 Å². The lowest BCUT2D eigenvalue weighted by Crippen LogP contribution is -2.17. The fourth-order valence-corrected chi connectivity index (χ4v) is 1.17. The first-order valence-electron chi connectivity index (χ1n) is 4.12. The quantitative estimate of drug-likeness (QED) is 0.581. The summed E-state index contributed by atoms with van der Waals surface area (Å²) in [7, 11) is 2.16. The highest BCUT2D eigenvalue weighted by atomic mass is 15.1. The molecule has 0 fully saturated rings. The molecule has 0 rings (SSSR count). The third-order valence-corrected chi connectivity index (χ3v) is 1.74. The normalized spacial score (nSPS) is 11.8. The lowest BCUT2D eigenvalue weighted by molar-refractivity contribution is 0.404. The molecule has 10 heavy (non-hydrogen) atoms. The van der Waals surface area contributed by atoms with Crippen LogP contribution in [-0.4, -0.2) is 18.5 Å². The number of nitrogens with zero attached hydrogens (tertiary/aromatic N) is 1. The Kier molecular flexibility index (Phi) is 5.09. The Bertz CT molecular complexity index is 105. The van der Waals surface area contributed by atoms with Gasteiger partial charge in [-0.15, -0.1) is 0 Å². The zero-order chi connectivity index (χ0) is 7.98. The number of hydrogen-bond acceptors (Lipinski definition) is 1. The molecule has 0 aliphatic heterocycles. The van der Waals surface area contributed by atoms with E-state index in [2.05, 4.69) is 38.8 Å². The van der Waals surface area contributed by atoms with Gasteiger partial charge >= 0.3 is 0 Å². The van der Waals surface area contributed by atoms with Gasteiger partial charge in [-0.3, -0.25) is 0 Å². The van der Waals surface area contributed by atoms with Crippen molar-refractivity contribution in [3.8, 4) is 0 Å². The second-order valence-corrected chi connectivity index (χ2v) is 2.56. The summed E-state index contributed by atoms with van der Waals surface area (Å²) in [5, 5.41) is 0. The second kappa shape index (κ2) is 5.33. The molecule has 0 aromatic heterocycles. The summed E-state index contributed by atoms with van der Waals surface area (Å²) < 4.78 is 0. The molecule has 0 saturated carbocycles. The van der Waals surface area contributed by atoms with Crippen LogP contribution in [0.4, 0.5) is 0 Å². The molecule has 0 bridgehead atoms. The van der Waals surface area contributed by atoms with Crippen LogP contribution in [0.5, 0.6) is 0 Å². The van der Waals surface area contributed by atoms with Gasteiger partial charge in [0.05, 0.1) is 0 Å². The van der Waals surface area contributed by atoms with E-state index in [1.54, 1.807) is 0 Å². The standard InChI is InChI=1S/C9H19N/c1-5-8-10(4)9(6-2)7-3/h6H,5,7-8H2,1-4H3/b9-6+. The topological polar surface area (TPSA) is 3.24 Å². The average molecular weight is 141 g/mol. The van der Waals surface area contributed by atoms with E-state index in [1.807, 2.05) is 0 Å². The predicted molar refractivity (Wildman–Crippen MR) is 47.0 cm³/mol. The Labute approximate surface area is 64.7 Å². The molecule has 0 aliphatic carbocycles. The maximum atomic E-state index is 2.32. The second-order valence-electron chi connectivity index (χ2n) is 2.56. The molecule has 0 spiro atoms. The minimum atomic E-state index is 1.15. The molecule has 0 amide bonds. The van der Waals surface area contributed by atoms with Gasteiger partial charge in [0, 0.05) is 19.3 Å². The zero-order valence-corrected chi connectivity index (χ0v) is 7.65. The lowest BCUT2D eigenvalue weighted by Gasteiger charge is -2.20. The van der Waals surface area contributed by atoms with Crippen molar-refractivity contribution in [3.63, 3.8) is 0 Å². The maximum Gasteiger partial charge on any atom is 0.0169 e. The molecule has 0 aromatic rings. The highest BCUT2D eigenvalue weighted by Gasteiger charge is 1.97. The van der Waals surface area contributed by atoms with Crippen LogP contribution in [-0.2, 0) is 0 Å². The molecule has 0 saturated heterocycles. The van der Waals surface area contributed by atoms with E-state index in [9.17, 15) is 0 Å². The van der Waals surface area contributed by atoms with Crippen molar-refractivity contribution in [2.24, 2.45) is 0 Å². The summed E-state index contributed by atoms with van der Waals surface area (Å²) in [5.74, 6) is 0. The van der Waals surface area contributed by atoms with Crippen molar-refractivity contribution in [3.05, 3.63) is 11.8 Å². The number of allylic oxidation sites excluding steroid dienone is 2. The fraction of sp³-hybridized carbons (Fsp3) is 0.778. The molecule has 1 heteroatoms. The van der Waals surface area contributed by atoms with Gasteiger partial charge in [-0.1, -0.05) is 19.9 Å². The van der Waals surface area contributed by atoms with E-state index in [4.69, 9.17) is 0 Å². The Hall–Kier alpha value is -0.460. The largest absolute Gasteiger partial charge is 0.378 e. The minimum Gasteiger partial charge on any atom is -0.378 e. The highest BCUT2D eigenvalue weighted by molar-refractivity contribution is 4.96. The summed E-state index contributed by atoms with van der Waals surface area (Å²) in [4.78, 5) is 2.32. The molecule has 60 valence electrons. The van der Waals surface area contributed by atoms with Gasteiger partial charge in [0.25, 0.3) is 0 Å². The third kappa shape index (κ3) is 2.90. The molecular weight excluding hydrogens is 122 g/mol. The van der Waals surface area contributed by atoms with Crippen LogP contribution in [0, 0.1) is 0 Å². The van der Waals surface area contributed by atoms with Gasteiger partial charge < -0.3 is 4.90 Å². The SMILES string of the molecule is C/C=C(\CC)N(C)CCC. The van der Waals surface area contributed by atoms with Crippen LogP contribution in [0.25, 0.3) is 0 Å². The Morgan fingerprint density at radius 2 is 2.00 bits per heavy atom. The highest BCUT2D eigenvalue weighted by Crippen LogP contribution is 2.05. The van der Waals surface area contributed by atoms with Gasteiger partial charge in [-0.05, 0) is 19.8 Å². The molecule has 0 radical (unpaired) electrons. The van der Waals surface area contributed by atoms with Crippen molar-refractivity contribution in [1.29, 1.82) is 0 Å². The molecular formula is C9H19N. The minimum absolute atomic E-state index is 1.15. The summed E-state index contributed by atoms with van der Waals surface area (Å²) in [6.45, 7) is 7.68. The van der Waals surface area contributed by atoms with Crippen LogP contribution >= 0.6 is 0 Å². The van der Waals surface area contributed by atoms with E-state index in [0.717, 1.165) is 6.42 Å². The molecule has 0 aromatic carbocycles. The van der Waals surface area contributed by atoms with E-state index >= 15 is 0 Å². The third-order valence-electron chi connectivity index (χ3n) is 1.74. The molecule has 0 unspecified atom stereocenters. The average Bonchev–Trinajstić information content (AvgIpc) is 1.91. The number of hydrogen-bond donors (Lipinski definition) is 0. The molecule has 0 aliphatic rings. The maximum absolute atomic E-state index is 2.32. The summed E-state index contributed by atoms with van der Waals surface area (Å²) in [6, 6.07) is 0. The summed E-state index contributed by atoms with van der Waals surface area (Å²) in [6.07, 6.45) is 4.57. The molecule has 0 atom stereocenters. The van der Waals surface area contributed by atoms with Gasteiger partial charge in [-0.25, -0.2) is 0 Å². The lowest BCUT2D eigenvalue weighted by atomic mass is 10.3. The monoisotopic (exact) mass is 141 g/mol. The molecule has 0 N–H and O–H groups in total. The first-order valence-corrected chi connectivity index (χ1v) is 4.12. The Morgan fingerprint density at radius 3 is 2.30 bits per heavy atom. The van der Waals surface area contributed by atoms with Crippen molar-refractivity contribution in [2.75, 3.05) is 13.6 Å². The van der Waals surface area contributed by atoms with Gasteiger partial charge in [0.2, 0.25) is 0 Å². The van der Waals surface area contributed by atoms with Crippen LogP contribution in [0.2, 0.25) is 0 Å². The number of rotatable bonds is 4. The van der Waals surface area contributed by atoms with Crippen molar-refractivity contribution in [1.82, 2.24) is 4.90 Å². The summed E-state index contributed by atoms with van der Waals surface area (Å²) in [5.41, 5.74) is 1.45. The van der Waals surface area contributed by atoms with Crippen molar-refractivity contribution >= 4 is 0 Å². The first kappa shape index (κ1) is 9.54. The van der Waals surface area contributed by atoms with E-state index in [-0.39, 0.29) is 0 Å². The fourth-order valence-electron chi connectivity index (χ4n) is 1.17. The molecule has 1 nitrogen and oxygen atoms in total. The van der Waals surface area contributed by atoms with Gasteiger partial charge in [0.15, 0.2) is 0 Å². The first-order chi connectivity index (χ1) is 4.76. The van der Waals surface area contributed by atoms with Crippen LogP contribution in [0.1, 0.15) is 33.6 Å².